The van der Waals surface area contributed by atoms with Crippen LogP contribution in [0.25, 0.3) is 0 Å². The molecule has 0 spiro atoms. The quantitative estimate of drug-likeness (QED) is 0.474. The van der Waals surface area contributed by atoms with Gasteiger partial charge in [0.05, 0.1) is 6.42 Å². The second-order valence-electron chi connectivity index (χ2n) is 13.8. The van der Waals surface area contributed by atoms with E-state index in [0.717, 1.165) is 42.7 Å². The molecule has 0 saturated carbocycles. The highest BCUT2D eigenvalue weighted by molar-refractivity contribution is 6.01. The number of hydrogen-bond donors (Lipinski definition) is 2. The minimum absolute atomic E-state index is 0.0210. The van der Waals surface area contributed by atoms with Crippen molar-refractivity contribution in [3.05, 3.63) is 65.2 Å². The average molecular weight is 629 g/mol. The number of likely N-dealkylation sites (tertiary alicyclic amines) is 3. The van der Waals surface area contributed by atoms with Gasteiger partial charge < -0.3 is 30.2 Å². The molecular formula is C36H48N6O4. The molecule has 0 aliphatic carbocycles. The van der Waals surface area contributed by atoms with Crippen LogP contribution < -0.4 is 10.6 Å². The Morgan fingerprint density at radius 1 is 0.848 bits per heavy atom. The highest BCUT2D eigenvalue weighted by Crippen LogP contribution is 2.29. The summed E-state index contributed by atoms with van der Waals surface area (Å²) in [6, 6.07) is 15.5. The van der Waals surface area contributed by atoms with Crippen LogP contribution in [0.1, 0.15) is 79.8 Å². The standard InChI is InChI=1S/C36H48N6O4/c1-26-9-8-11-27(23-26)33(44)38-36(2,34(45)41-21-13-29(14-22-41)39-17-6-3-7-18-39)24-32(43)40-19-15-30(16-20-40)42-25-28-10-4-5-12-31(28)37-35(42)46/h4-5,8-12,23,29-30H,3,6-7,13-22,24-25H2,1-2H3,(H,37,46)(H,38,44)/t36-/m0/s1. The molecule has 3 saturated heterocycles. The van der Waals surface area contributed by atoms with Gasteiger partial charge in [-0.1, -0.05) is 42.3 Å². The van der Waals surface area contributed by atoms with Gasteiger partial charge in [-0.3, -0.25) is 14.4 Å². The van der Waals surface area contributed by atoms with Crippen molar-refractivity contribution in [2.24, 2.45) is 0 Å². The van der Waals surface area contributed by atoms with E-state index in [0.29, 0.717) is 57.2 Å². The van der Waals surface area contributed by atoms with Crippen LogP contribution in [0.4, 0.5) is 10.5 Å². The van der Waals surface area contributed by atoms with Crippen LogP contribution in [-0.2, 0) is 16.1 Å². The fraction of sp³-hybridized carbons (Fsp3) is 0.556. The molecule has 1 atom stereocenters. The molecule has 10 nitrogen and oxygen atoms in total. The van der Waals surface area contributed by atoms with E-state index < -0.39 is 5.54 Å². The lowest BCUT2D eigenvalue weighted by Crippen LogP contribution is -2.62. The first-order valence-electron chi connectivity index (χ1n) is 17.1. The number of carbonyl (C=O) groups excluding carboxylic acids is 4. The summed E-state index contributed by atoms with van der Waals surface area (Å²) in [4.78, 5) is 62.5. The minimum atomic E-state index is -1.39. The lowest BCUT2D eigenvalue weighted by Gasteiger charge is -2.43. The Labute approximate surface area is 272 Å². The predicted molar refractivity (Wildman–Crippen MR) is 177 cm³/mol. The first kappa shape index (κ1) is 32.0. The molecule has 246 valence electrons. The van der Waals surface area contributed by atoms with Gasteiger partial charge in [0.25, 0.3) is 5.91 Å². The second-order valence-corrected chi connectivity index (χ2v) is 13.8. The van der Waals surface area contributed by atoms with E-state index >= 15 is 0 Å². The number of nitrogens with zero attached hydrogens (tertiary/aromatic N) is 4. The number of para-hydroxylation sites is 1. The van der Waals surface area contributed by atoms with Crippen LogP contribution in [0.15, 0.2) is 48.5 Å². The monoisotopic (exact) mass is 628 g/mol. The Kier molecular flexibility index (Phi) is 9.63. The molecular weight excluding hydrogens is 580 g/mol. The smallest absolute Gasteiger partial charge is 0.322 e. The van der Waals surface area contributed by atoms with Crippen molar-refractivity contribution in [1.82, 2.24) is 24.9 Å². The van der Waals surface area contributed by atoms with Gasteiger partial charge in [-0.05, 0) is 89.2 Å². The predicted octanol–water partition coefficient (Wildman–Crippen LogP) is 4.39. The number of anilines is 1. The Balaban J connectivity index is 1.11. The molecule has 3 fully saturated rings. The van der Waals surface area contributed by atoms with Crippen molar-refractivity contribution in [2.45, 2.75) is 89.4 Å². The Hall–Kier alpha value is -3.92. The van der Waals surface area contributed by atoms with Crippen molar-refractivity contribution in [2.75, 3.05) is 44.6 Å². The van der Waals surface area contributed by atoms with E-state index in [1.165, 1.54) is 19.3 Å². The summed E-state index contributed by atoms with van der Waals surface area (Å²) < 4.78 is 0. The van der Waals surface area contributed by atoms with Crippen LogP contribution in [0.2, 0.25) is 0 Å². The zero-order valence-corrected chi connectivity index (χ0v) is 27.3. The summed E-state index contributed by atoms with van der Waals surface area (Å²) in [5, 5.41) is 6.00. The number of nitrogens with one attached hydrogen (secondary N) is 2. The summed E-state index contributed by atoms with van der Waals surface area (Å²) in [7, 11) is 0. The summed E-state index contributed by atoms with van der Waals surface area (Å²) in [6.07, 6.45) is 6.78. The third-order valence-corrected chi connectivity index (χ3v) is 10.4. The summed E-state index contributed by atoms with van der Waals surface area (Å²) in [5.41, 5.74) is 1.97. The van der Waals surface area contributed by atoms with Gasteiger partial charge in [0.15, 0.2) is 0 Å². The number of piperidine rings is 3. The molecule has 2 aromatic rings. The molecule has 46 heavy (non-hydrogen) atoms. The molecule has 5 amide bonds. The van der Waals surface area contributed by atoms with Gasteiger partial charge in [-0.25, -0.2) is 4.79 Å². The van der Waals surface area contributed by atoms with Gasteiger partial charge in [0.1, 0.15) is 5.54 Å². The van der Waals surface area contributed by atoms with Gasteiger partial charge in [0, 0.05) is 56.1 Å². The van der Waals surface area contributed by atoms with Gasteiger partial charge in [0.2, 0.25) is 11.8 Å². The Bertz CT molecular complexity index is 1440. The van der Waals surface area contributed by atoms with Crippen LogP contribution in [0, 0.1) is 6.92 Å². The van der Waals surface area contributed by atoms with Crippen LogP contribution in [-0.4, -0.2) is 100 Å². The molecule has 0 radical (unpaired) electrons. The Morgan fingerprint density at radius 2 is 1.52 bits per heavy atom. The van der Waals surface area contributed by atoms with Crippen molar-refractivity contribution >= 4 is 29.4 Å². The van der Waals surface area contributed by atoms with Crippen molar-refractivity contribution in [3.8, 4) is 0 Å². The fourth-order valence-corrected chi connectivity index (χ4v) is 7.71. The van der Waals surface area contributed by atoms with E-state index in [-0.39, 0.29) is 36.2 Å². The number of urea groups is 1. The molecule has 10 heteroatoms. The maximum atomic E-state index is 14.2. The van der Waals surface area contributed by atoms with Crippen LogP contribution in [0.3, 0.4) is 0 Å². The Morgan fingerprint density at radius 3 is 2.24 bits per heavy atom. The molecule has 2 aromatic carbocycles. The van der Waals surface area contributed by atoms with E-state index in [2.05, 4.69) is 15.5 Å². The second kappa shape index (κ2) is 13.8. The normalized spacial score (nSPS) is 21.3. The third kappa shape index (κ3) is 7.07. The van der Waals surface area contributed by atoms with E-state index in [1.54, 1.807) is 24.0 Å². The number of hydrogen-bond acceptors (Lipinski definition) is 5. The molecule has 0 aromatic heterocycles. The topological polar surface area (TPSA) is 105 Å². The van der Waals surface area contributed by atoms with Crippen molar-refractivity contribution in [1.29, 1.82) is 0 Å². The van der Waals surface area contributed by atoms with E-state index in [4.69, 9.17) is 0 Å². The molecule has 0 unspecified atom stereocenters. The van der Waals surface area contributed by atoms with Gasteiger partial charge in [-0.15, -0.1) is 0 Å². The first-order valence-corrected chi connectivity index (χ1v) is 17.1. The SMILES string of the molecule is Cc1cccc(C(=O)N[C@@](C)(CC(=O)N2CCC(N3Cc4ccccc4NC3=O)CC2)C(=O)N2CCC(N3CCCCC3)CC2)c1. The summed E-state index contributed by atoms with van der Waals surface area (Å²) in [5.74, 6) is -0.710. The number of amides is 5. The maximum absolute atomic E-state index is 14.2. The molecule has 6 rings (SSSR count). The van der Waals surface area contributed by atoms with Crippen LogP contribution in [0.5, 0.6) is 0 Å². The molecule has 2 N–H and O–H groups in total. The summed E-state index contributed by atoms with van der Waals surface area (Å²) in [6.45, 7) is 8.67. The zero-order valence-electron chi connectivity index (χ0n) is 27.3. The number of carbonyl (C=O) groups is 4. The highest BCUT2D eigenvalue weighted by atomic mass is 16.2. The lowest BCUT2D eigenvalue weighted by molar-refractivity contribution is -0.145. The first-order chi connectivity index (χ1) is 22.2. The van der Waals surface area contributed by atoms with Gasteiger partial charge >= 0.3 is 6.03 Å². The third-order valence-electron chi connectivity index (χ3n) is 10.4. The molecule has 4 heterocycles. The van der Waals surface area contributed by atoms with E-state index in [1.807, 2.05) is 53.1 Å². The largest absolute Gasteiger partial charge is 0.342 e. The molecule has 0 bridgehead atoms. The zero-order chi connectivity index (χ0) is 32.3. The fourth-order valence-electron chi connectivity index (χ4n) is 7.71. The van der Waals surface area contributed by atoms with E-state index in [9.17, 15) is 19.2 Å². The average Bonchev–Trinajstić information content (AvgIpc) is 3.08. The van der Waals surface area contributed by atoms with Gasteiger partial charge in [-0.2, -0.15) is 0 Å². The number of fused-ring (bicyclic) bond motifs is 1. The van der Waals surface area contributed by atoms with Crippen molar-refractivity contribution in [3.63, 3.8) is 0 Å². The lowest BCUT2D eigenvalue weighted by atomic mass is 9.91. The molecule has 4 aliphatic rings. The minimum Gasteiger partial charge on any atom is -0.342 e. The number of rotatable bonds is 7. The van der Waals surface area contributed by atoms with Crippen molar-refractivity contribution < 1.29 is 19.2 Å². The van der Waals surface area contributed by atoms with Crippen LogP contribution >= 0.6 is 0 Å². The maximum Gasteiger partial charge on any atom is 0.322 e. The highest BCUT2D eigenvalue weighted by Gasteiger charge is 2.43. The summed E-state index contributed by atoms with van der Waals surface area (Å²) >= 11 is 0. The molecule has 4 aliphatic heterocycles. The number of benzene rings is 2. The number of aryl methyl sites for hydroxylation is 1.